The van der Waals surface area contributed by atoms with Crippen molar-refractivity contribution in [3.05, 3.63) is 78.2 Å². The molecule has 250 valence electrons. The number of H-pyrrole nitrogens is 3. The SMILES string of the molecule is CCCCCCOC(C)c1c2[nH]c(c1C)C=C1NC(=C3CC(=O)c4c3[nH]c(c4C)C=c3[nH]c(c(C)c3CC)=C2)[C@@H](CCC(=O)O)[C@@H]1C. The van der Waals surface area contributed by atoms with Crippen molar-refractivity contribution >= 4 is 35.6 Å². The summed E-state index contributed by atoms with van der Waals surface area (Å²) in [5.41, 5.74) is 13.2. The molecule has 8 bridgehead atoms. The van der Waals surface area contributed by atoms with Crippen molar-refractivity contribution in [1.29, 1.82) is 0 Å². The lowest BCUT2D eigenvalue weighted by atomic mass is 9.86. The number of aromatic nitrogens is 3. The molecule has 1 unspecified atom stereocenters. The Balaban J connectivity index is 1.58. The quantitative estimate of drug-likeness (QED) is 0.147. The van der Waals surface area contributed by atoms with E-state index in [9.17, 15) is 14.7 Å². The molecule has 1 aliphatic carbocycles. The lowest BCUT2D eigenvalue weighted by molar-refractivity contribution is -0.137. The molecule has 8 nitrogen and oxygen atoms in total. The highest BCUT2D eigenvalue weighted by molar-refractivity contribution is 6.13. The molecule has 0 saturated carbocycles. The van der Waals surface area contributed by atoms with Gasteiger partial charge in [0.2, 0.25) is 0 Å². The second-order valence-corrected chi connectivity index (χ2v) is 13.7. The summed E-state index contributed by atoms with van der Waals surface area (Å²) in [5.74, 6) is -0.719. The van der Waals surface area contributed by atoms with Crippen LogP contribution in [0, 0.1) is 32.6 Å². The first-order valence-corrected chi connectivity index (χ1v) is 17.5. The topological polar surface area (TPSA) is 123 Å². The van der Waals surface area contributed by atoms with Crippen LogP contribution in [-0.4, -0.2) is 38.4 Å². The van der Waals surface area contributed by atoms with E-state index in [0.717, 1.165) is 92.1 Å². The normalized spacial score (nSPS) is 19.0. The zero-order chi connectivity index (χ0) is 33.6. The van der Waals surface area contributed by atoms with E-state index in [0.29, 0.717) is 12.8 Å². The monoisotopic (exact) mass is 638 g/mol. The van der Waals surface area contributed by atoms with Gasteiger partial charge in [-0.15, -0.1) is 0 Å². The Labute approximate surface area is 277 Å². The molecular formula is C39H50N4O4. The number of ether oxygens (including phenoxy) is 1. The number of Topliss-reactive ketones (excluding diaryl/α,β-unsaturated/α-hetero) is 1. The highest BCUT2D eigenvalue weighted by atomic mass is 16.5. The number of fused-ring (bicyclic) bond motifs is 7. The average molecular weight is 639 g/mol. The van der Waals surface area contributed by atoms with Gasteiger partial charge in [0.15, 0.2) is 5.78 Å². The number of rotatable bonds is 11. The average Bonchev–Trinajstić information content (AvgIpc) is 3.78. The van der Waals surface area contributed by atoms with Gasteiger partial charge in [0.05, 0.1) is 11.8 Å². The number of carbonyl (C=O) groups excluding carboxylic acids is 1. The second kappa shape index (κ2) is 13.2. The molecule has 0 spiro atoms. The molecule has 3 aromatic heterocycles. The van der Waals surface area contributed by atoms with E-state index >= 15 is 0 Å². The number of carbonyl (C=O) groups is 2. The fraction of sp³-hybridized carbons (Fsp3) is 0.487. The number of carboxylic acid groups (broad SMARTS) is 1. The van der Waals surface area contributed by atoms with Gasteiger partial charge in [0, 0.05) is 87.2 Å². The van der Waals surface area contributed by atoms with Gasteiger partial charge in [-0.05, 0) is 87.4 Å². The zero-order valence-electron chi connectivity index (χ0n) is 29.0. The maximum absolute atomic E-state index is 13.5. The Morgan fingerprint density at radius 2 is 1.70 bits per heavy atom. The van der Waals surface area contributed by atoms with Gasteiger partial charge in [0.25, 0.3) is 0 Å². The minimum absolute atomic E-state index is 0.0412. The molecule has 5 heterocycles. The molecule has 0 aromatic carbocycles. The van der Waals surface area contributed by atoms with Crippen molar-refractivity contribution in [2.75, 3.05) is 6.61 Å². The third-order valence-corrected chi connectivity index (χ3v) is 10.8. The molecule has 1 saturated heterocycles. The predicted octanol–water partition coefficient (Wildman–Crippen LogP) is 6.85. The summed E-state index contributed by atoms with van der Waals surface area (Å²) in [5, 5.41) is 15.4. The fourth-order valence-electron chi connectivity index (χ4n) is 8.02. The molecule has 47 heavy (non-hydrogen) atoms. The summed E-state index contributed by atoms with van der Waals surface area (Å²) < 4.78 is 6.45. The Kier molecular flexibility index (Phi) is 9.25. The molecule has 3 aromatic rings. The molecule has 3 atom stereocenters. The molecular weight excluding hydrogens is 588 g/mol. The summed E-state index contributed by atoms with van der Waals surface area (Å²) in [4.78, 5) is 36.4. The van der Waals surface area contributed by atoms with E-state index < -0.39 is 5.97 Å². The number of aromatic amines is 3. The molecule has 1 fully saturated rings. The highest BCUT2D eigenvalue weighted by Gasteiger charge is 2.39. The largest absolute Gasteiger partial charge is 0.481 e. The third kappa shape index (κ3) is 5.97. The number of ketones is 1. The Morgan fingerprint density at radius 3 is 2.43 bits per heavy atom. The number of hydrogen-bond donors (Lipinski definition) is 5. The Hall–Kier alpha value is -4.04. The number of unbranched alkanes of at least 4 members (excludes halogenated alkanes) is 3. The minimum atomic E-state index is -0.811. The van der Waals surface area contributed by atoms with Crippen LogP contribution < -0.4 is 16.0 Å². The number of allylic oxidation sites excluding steroid dienone is 3. The van der Waals surface area contributed by atoms with E-state index in [2.05, 4.69) is 80.0 Å². The highest BCUT2D eigenvalue weighted by Crippen LogP contribution is 2.45. The van der Waals surface area contributed by atoms with E-state index in [1.807, 2.05) is 6.92 Å². The van der Waals surface area contributed by atoms with Crippen LogP contribution in [-0.2, 0) is 16.0 Å². The van der Waals surface area contributed by atoms with Gasteiger partial charge in [-0.25, -0.2) is 0 Å². The first kappa shape index (κ1) is 32.9. The van der Waals surface area contributed by atoms with Gasteiger partial charge >= 0.3 is 5.97 Å². The van der Waals surface area contributed by atoms with Crippen molar-refractivity contribution in [2.24, 2.45) is 11.8 Å². The molecule has 3 aliphatic rings. The first-order chi connectivity index (χ1) is 22.5. The van der Waals surface area contributed by atoms with E-state index in [4.69, 9.17) is 4.74 Å². The van der Waals surface area contributed by atoms with Crippen molar-refractivity contribution < 1.29 is 19.4 Å². The van der Waals surface area contributed by atoms with Crippen LogP contribution in [0.2, 0.25) is 0 Å². The van der Waals surface area contributed by atoms with Gasteiger partial charge in [-0.3, -0.25) is 9.59 Å². The third-order valence-electron chi connectivity index (χ3n) is 10.8. The summed E-state index contributed by atoms with van der Waals surface area (Å²) >= 11 is 0. The molecule has 8 heteroatoms. The van der Waals surface area contributed by atoms with E-state index in [-0.39, 0.29) is 30.1 Å². The van der Waals surface area contributed by atoms with Gasteiger partial charge in [0.1, 0.15) is 0 Å². The lowest BCUT2D eigenvalue weighted by Gasteiger charge is -2.16. The molecule has 0 radical (unpaired) electrons. The van der Waals surface area contributed by atoms with Gasteiger partial charge in [-0.1, -0.05) is 40.0 Å². The number of hydrogen-bond acceptors (Lipinski definition) is 4. The van der Waals surface area contributed by atoms with E-state index in [1.165, 1.54) is 30.4 Å². The van der Waals surface area contributed by atoms with Crippen molar-refractivity contribution in [3.63, 3.8) is 0 Å². The van der Waals surface area contributed by atoms with Crippen LogP contribution in [0.25, 0.3) is 23.8 Å². The van der Waals surface area contributed by atoms with Crippen molar-refractivity contribution in [2.45, 2.75) is 106 Å². The fourth-order valence-corrected chi connectivity index (χ4v) is 8.02. The molecule has 0 amide bonds. The molecule has 2 aliphatic heterocycles. The van der Waals surface area contributed by atoms with Crippen LogP contribution >= 0.6 is 0 Å². The summed E-state index contributed by atoms with van der Waals surface area (Å²) in [6.07, 6.45) is 12.8. The first-order valence-electron chi connectivity index (χ1n) is 17.5. The van der Waals surface area contributed by atoms with Crippen LogP contribution in [0.15, 0.2) is 11.4 Å². The van der Waals surface area contributed by atoms with Crippen LogP contribution in [0.1, 0.15) is 140 Å². The van der Waals surface area contributed by atoms with Gasteiger partial charge in [-0.2, -0.15) is 0 Å². The number of nitrogens with one attached hydrogen (secondary N) is 4. The maximum Gasteiger partial charge on any atom is 0.303 e. The van der Waals surface area contributed by atoms with Crippen molar-refractivity contribution in [1.82, 2.24) is 20.3 Å². The van der Waals surface area contributed by atoms with E-state index in [1.54, 1.807) is 0 Å². The minimum Gasteiger partial charge on any atom is -0.481 e. The predicted molar refractivity (Wildman–Crippen MR) is 187 cm³/mol. The van der Waals surface area contributed by atoms with Crippen LogP contribution in [0.4, 0.5) is 0 Å². The maximum atomic E-state index is 13.5. The van der Waals surface area contributed by atoms with Crippen LogP contribution in [0.5, 0.6) is 0 Å². The number of aliphatic carboxylic acids is 1. The zero-order valence-corrected chi connectivity index (χ0v) is 29.0. The van der Waals surface area contributed by atoms with Crippen molar-refractivity contribution in [3.8, 4) is 0 Å². The summed E-state index contributed by atoms with van der Waals surface area (Å²) in [6, 6.07) is 0. The van der Waals surface area contributed by atoms with Crippen LogP contribution in [0.3, 0.4) is 0 Å². The molecule has 6 rings (SSSR count). The number of carboxylic acids is 1. The van der Waals surface area contributed by atoms with Gasteiger partial charge < -0.3 is 30.1 Å². The summed E-state index contributed by atoms with van der Waals surface area (Å²) in [6.45, 7) is 15.8. The Morgan fingerprint density at radius 1 is 0.957 bits per heavy atom. The second-order valence-electron chi connectivity index (χ2n) is 13.7. The summed E-state index contributed by atoms with van der Waals surface area (Å²) in [7, 11) is 0. The lowest BCUT2D eigenvalue weighted by Crippen LogP contribution is -2.13. The standard InChI is InChI=1S/C39H50N4O4/c1-8-10-11-12-15-47-24(7)36-22(5)30-17-29-21(4)26(13-14-35(45)46)38(42-29)27-16-34(44)37-23(6)31(43-39(27)37)18-32-25(9-2)20(3)28(40-32)19-33(36)41-30/h17-19,21,24,26,40-43H,8-16H2,1-7H3,(H,45,46)/t21-,24?,26-/m0/s1. The molecule has 5 N–H and O–H groups in total. The Bertz CT molecular complexity index is 1910. The smallest absolute Gasteiger partial charge is 0.303 e.